The van der Waals surface area contributed by atoms with Crippen LogP contribution < -0.4 is 0 Å². The Morgan fingerprint density at radius 2 is 1.39 bits per heavy atom. The van der Waals surface area contributed by atoms with E-state index in [0.29, 0.717) is 31.9 Å². The van der Waals surface area contributed by atoms with E-state index in [4.69, 9.17) is 4.42 Å². The van der Waals surface area contributed by atoms with Gasteiger partial charge >= 0.3 is 0 Å². The Hall–Kier alpha value is -3.85. The van der Waals surface area contributed by atoms with Crippen LogP contribution in [0.2, 0.25) is 0 Å². The van der Waals surface area contributed by atoms with Crippen molar-refractivity contribution in [1.82, 2.24) is 9.80 Å². The summed E-state index contributed by atoms with van der Waals surface area (Å²) in [5, 5.41) is 10.3. The molecule has 1 fully saturated rings. The van der Waals surface area contributed by atoms with Gasteiger partial charge in [0.1, 0.15) is 5.41 Å². The topological polar surface area (TPSA) is 77.5 Å². The van der Waals surface area contributed by atoms with Crippen LogP contribution in [0, 0.1) is 11.3 Å². The Balaban J connectivity index is 1.51. The van der Waals surface area contributed by atoms with Gasteiger partial charge in [-0.3, -0.25) is 9.59 Å². The number of benzene rings is 2. The fourth-order valence-corrected chi connectivity index (χ4v) is 4.04. The molecule has 1 saturated heterocycles. The molecular weight excluding hydrogens is 390 g/mol. The summed E-state index contributed by atoms with van der Waals surface area (Å²) >= 11 is 0. The van der Waals surface area contributed by atoms with Crippen molar-refractivity contribution in [3.63, 3.8) is 0 Å². The van der Waals surface area contributed by atoms with Gasteiger partial charge in [-0.05, 0) is 23.3 Å². The van der Waals surface area contributed by atoms with E-state index >= 15 is 0 Å². The Morgan fingerprint density at radius 1 is 0.839 bits per heavy atom. The predicted molar refractivity (Wildman–Crippen MR) is 115 cm³/mol. The van der Waals surface area contributed by atoms with Crippen molar-refractivity contribution in [3.8, 4) is 6.07 Å². The Morgan fingerprint density at radius 3 is 1.87 bits per heavy atom. The Kier molecular flexibility index (Phi) is 5.85. The normalized spacial score (nSPS) is 14.2. The molecule has 2 aromatic carbocycles. The lowest BCUT2D eigenvalue weighted by Crippen LogP contribution is -2.51. The average molecular weight is 413 g/mol. The molecule has 1 aromatic heterocycles. The average Bonchev–Trinajstić information content (AvgIpc) is 3.38. The highest BCUT2D eigenvalue weighted by Crippen LogP contribution is 2.36. The number of piperazine rings is 1. The molecule has 4 rings (SSSR count). The van der Waals surface area contributed by atoms with Gasteiger partial charge in [0.25, 0.3) is 5.91 Å². The number of rotatable bonds is 5. The molecule has 3 aromatic rings. The van der Waals surface area contributed by atoms with Gasteiger partial charge in [0.15, 0.2) is 5.76 Å². The van der Waals surface area contributed by atoms with Crippen molar-refractivity contribution in [2.24, 2.45) is 0 Å². The number of nitrogens with zero attached hydrogens (tertiary/aromatic N) is 3. The molecule has 1 aliphatic heterocycles. The third-order valence-electron chi connectivity index (χ3n) is 5.79. The van der Waals surface area contributed by atoms with E-state index < -0.39 is 5.41 Å². The van der Waals surface area contributed by atoms with Crippen molar-refractivity contribution in [1.29, 1.82) is 5.26 Å². The first-order chi connectivity index (χ1) is 15.1. The number of nitriles is 1. The highest BCUT2D eigenvalue weighted by Gasteiger charge is 2.39. The van der Waals surface area contributed by atoms with Crippen LogP contribution in [0.3, 0.4) is 0 Å². The molecule has 156 valence electrons. The SMILES string of the molecule is N#CC(CC(=O)N1CCN(C(=O)c2ccco2)CC1)(c1ccccc1)c1ccccc1. The van der Waals surface area contributed by atoms with Crippen LogP contribution in [-0.4, -0.2) is 47.8 Å². The van der Waals surface area contributed by atoms with Gasteiger partial charge in [0, 0.05) is 26.2 Å². The van der Waals surface area contributed by atoms with Gasteiger partial charge in [-0.2, -0.15) is 5.26 Å². The quantitative estimate of drug-likeness (QED) is 0.642. The first-order valence-electron chi connectivity index (χ1n) is 10.3. The molecule has 0 unspecified atom stereocenters. The minimum Gasteiger partial charge on any atom is -0.459 e. The van der Waals surface area contributed by atoms with Crippen molar-refractivity contribution < 1.29 is 14.0 Å². The van der Waals surface area contributed by atoms with Crippen LogP contribution in [0.4, 0.5) is 0 Å². The zero-order chi connectivity index (χ0) is 21.7. The summed E-state index contributed by atoms with van der Waals surface area (Å²) in [7, 11) is 0. The van der Waals surface area contributed by atoms with Gasteiger partial charge in [-0.25, -0.2) is 0 Å². The minimum atomic E-state index is -1.07. The monoisotopic (exact) mass is 413 g/mol. The molecule has 0 bridgehead atoms. The molecule has 2 amide bonds. The molecule has 0 N–H and O–H groups in total. The van der Waals surface area contributed by atoms with Crippen molar-refractivity contribution in [2.75, 3.05) is 26.2 Å². The summed E-state index contributed by atoms with van der Waals surface area (Å²) < 4.78 is 5.19. The van der Waals surface area contributed by atoms with E-state index in [1.54, 1.807) is 21.9 Å². The minimum absolute atomic E-state index is 0.0453. The second kappa shape index (κ2) is 8.88. The van der Waals surface area contributed by atoms with E-state index in [1.165, 1.54) is 6.26 Å². The van der Waals surface area contributed by atoms with Crippen LogP contribution in [0.25, 0.3) is 0 Å². The zero-order valence-electron chi connectivity index (χ0n) is 17.1. The molecule has 0 spiro atoms. The smallest absolute Gasteiger partial charge is 0.289 e. The molecule has 31 heavy (non-hydrogen) atoms. The molecule has 0 atom stereocenters. The fourth-order valence-electron chi connectivity index (χ4n) is 4.04. The van der Waals surface area contributed by atoms with E-state index in [2.05, 4.69) is 6.07 Å². The second-order valence-corrected chi connectivity index (χ2v) is 7.58. The largest absolute Gasteiger partial charge is 0.459 e. The maximum atomic E-state index is 13.3. The predicted octanol–water partition coefficient (Wildman–Crippen LogP) is 3.46. The summed E-state index contributed by atoms with van der Waals surface area (Å²) in [6.07, 6.45) is 1.52. The lowest BCUT2D eigenvalue weighted by molar-refractivity contribution is -0.133. The summed E-state index contributed by atoms with van der Waals surface area (Å²) in [6, 6.07) is 24.7. The number of amides is 2. The number of carbonyl (C=O) groups is 2. The van der Waals surface area contributed by atoms with Gasteiger partial charge < -0.3 is 14.2 Å². The van der Waals surface area contributed by atoms with E-state index in [1.807, 2.05) is 60.7 Å². The molecule has 1 aliphatic rings. The van der Waals surface area contributed by atoms with Crippen molar-refractivity contribution in [3.05, 3.63) is 95.9 Å². The maximum absolute atomic E-state index is 13.3. The third-order valence-corrected chi connectivity index (χ3v) is 5.79. The molecule has 6 nitrogen and oxygen atoms in total. The Bertz CT molecular complexity index is 1020. The lowest BCUT2D eigenvalue weighted by Gasteiger charge is -2.36. The maximum Gasteiger partial charge on any atom is 0.289 e. The lowest BCUT2D eigenvalue weighted by atomic mass is 9.73. The van der Waals surface area contributed by atoms with Crippen LogP contribution in [-0.2, 0) is 10.2 Å². The molecule has 0 radical (unpaired) electrons. The first-order valence-corrected chi connectivity index (χ1v) is 10.3. The summed E-state index contributed by atoms with van der Waals surface area (Å²) in [6.45, 7) is 1.72. The molecule has 6 heteroatoms. The van der Waals surface area contributed by atoms with Gasteiger partial charge in [0.05, 0.1) is 18.8 Å². The zero-order valence-corrected chi connectivity index (χ0v) is 17.1. The van der Waals surface area contributed by atoms with Crippen molar-refractivity contribution >= 4 is 11.8 Å². The summed E-state index contributed by atoms with van der Waals surface area (Å²) in [5.41, 5.74) is 0.521. The highest BCUT2D eigenvalue weighted by molar-refractivity contribution is 5.91. The van der Waals surface area contributed by atoms with Crippen LogP contribution in [0.5, 0.6) is 0 Å². The van der Waals surface area contributed by atoms with Crippen LogP contribution >= 0.6 is 0 Å². The highest BCUT2D eigenvalue weighted by atomic mass is 16.3. The first kappa shape index (κ1) is 20.4. The van der Waals surface area contributed by atoms with Gasteiger partial charge in [0.2, 0.25) is 5.91 Å². The van der Waals surface area contributed by atoms with Gasteiger partial charge in [-0.1, -0.05) is 60.7 Å². The van der Waals surface area contributed by atoms with Crippen molar-refractivity contribution in [2.45, 2.75) is 11.8 Å². The number of hydrogen-bond donors (Lipinski definition) is 0. The second-order valence-electron chi connectivity index (χ2n) is 7.58. The third kappa shape index (κ3) is 4.08. The van der Waals surface area contributed by atoms with Crippen LogP contribution in [0.15, 0.2) is 83.5 Å². The summed E-state index contributed by atoms with van der Waals surface area (Å²) in [5.74, 6) is 0.0350. The van der Waals surface area contributed by atoms with E-state index in [9.17, 15) is 14.9 Å². The number of hydrogen-bond acceptors (Lipinski definition) is 4. The number of furan rings is 1. The van der Waals surface area contributed by atoms with Crippen LogP contribution in [0.1, 0.15) is 28.1 Å². The van der Waals surface area contributed by atoms with E-state index in [-0.39, 0.29) is 18.2 Å². The van der Waals surface area contributed by atoms with Gasteiger partial charge in [-0.15, -0.1) is 0 Å². The Labute approximate surface area is 181 Å². The summed E-state index contributed by atoms with van der Waals surface area (Å²) in [4.78, 5) is 29.2. The fraction of sp³-hybridized carbons (Fsp3) is 0.240. The molecule has 0 saturated carbocycles. The molecule has 2 heterocycles. The van der Waals surface area contributed by atoms with E-state index in [0.717, 1.165) is 11.1 Å². The number of carbonyl (C=O) groups excluding carboxylic acids is 2. The molecular formula is C25H23N3O3. The standard InChI is InChI=1S/C25H23N3O3/c26-19-25(20-8-3-1-4-9-20,21-10-5-2-6-11-21)18-23(29)27-13-15-28(16-14-27)24(30)22-12-7-17-31-22/h1-12,17H,13-16,18H2. The molecule has 0 aliphatic carbocycles.